The molecular formula is C78H124N2Se7. The van der Waals surface area contributed by atoms with Crippen LogP contribution in [0.4, 0.5) is 0 Å². The number of hydrogen-bond donors (Lipinski definition) is 0. The minimum atomic E-state index is 0.244. The summed E-state index contributed by atoms with van der Waals surface area (Å²) in [6.45, 7) is 88.9. The summed E-state index contributed by atoms with van der Waals surface area (Å²) in [6, 6.07) is 11.1. The molecular weight excluding hydrogens is 1520 g/mol. The first-order valence-corrected chi connectivity index (χ1v) is 43.8. The van der Waals surface area contributed by atoms with Crippen molar-refractivity contribution in [3.05, 3.63) is 145 Å². The molecule has 8 aromatic rings. The Bertz CT molecular complexity index is 3370. The molecule has 0 bridgehead atoms. The molecule has 0 fully saturated rings. The molecule has 0 amide bonds. The van der Waals surface area contributed by atoms with Gasteiger partial charge in [0, 0.05) is 0 Å². The van der Waals surface area contributed by atoms with E-state index in [9.17, 15) is 0 Å². The Hall–Kier alpha value is -0.664. The van der Waals surface area contributed by atoms with E-state index >= 15 is 0 Å². The number of benzene rings is 1. The Morgan fingerprint density at radius 2 is 0.667 bits per heavy atom. The van der Waals surface area contributed by atoms with Crippen LogP contribution in [-0.4, -0.2) is 111 Å². The normalized spacial score (nSPS) is 12.5. The molecule has 8 rings (SSSR count). The first-order valence-electron chi connectivity index (χ1n) is 31.6. The molecule has 0 saturated carbocycles. The van der Waals surface area contributed by atoms with E-state index < -0.39 is 0 Å². The predicted molar refractivity (Wildman–Crippen MR) is 402 cm³/mol. The fourth-order valence-corrected chi connectivity index (χ4v) is 27.7. The number of aryl methyl sites for hydroxylation is 7. The van der Waals surface area contributed by atoms with Crippen LogP contribution in [-0.2, 0) is 48.7 Å². The number of fused-ring (bicyclic) bond motifs is 1. The van der Waals surface area contributed by atoms with E-state index in [2.05, 4.69) is 315 Å². The summed E-state index contributed by atoms with van der Waals surface area (Å²) in [6.07, 6.45) is 0. The van der Waals surface area contributed by atoms with Gasteiger partial charge in [-0.3, -0.25) is 0 Å². The molecule has 7 aromatic heterocycles. The first-order chi connectivity index (χ1) is 38.9. The molecule has 0 spiro atoms. The topological polar surface area (TPSA) is 25.8 Å². The quantitative estimate of drug-likeness (QED) is 0.141. The van der Waals surface area contributed by atoms with Crippen molar-refractivity contribution < 1.29 is 0 Å². The van der Waals surface area contributed by atoms with Crippen molar-refractivity contribution in [1.82, 2.24) is 9.97 Å². The van der Waals surface area contributed by atoms with Crippen LogP contribution in [0, 0.1) is 83.1 Å². The van der Waals surface area contributed by atoms with Gasteiger partial charge in [0.15, 0.2) is 0 Å². The van der Waals surface area contributed by atoms with Gasteiger partial charge in [0.2, 0.25) is 0 Å². The second-order valence-corrected chi connectivity index (χ2v) is 48.7. The Kier molecular flexibility index (Phi) is 30.0. The zero-order valence-electron chi connectivity index (χ0n) is 62.8. The molecule has 0 aliphatic carbocycles. The second-order valence-electron chi connectivity index (χ2n) is 33.4. The SMILES string of the molecule is Cc1[se]c(C(C)(C)C)c(C)c1C.Cc1c(C(C)(C)C)[se]c(C(C)(C)C)c1C.Cc1c(C(C)(C)C)[se]c2ccccc12.Cc1c[se]c(C(C)(C)C)c1C.Cc1cc[se]c1C(C)(C)C.Cc1nc(C(C)(C)C)[se]c1C(C)(C)C.Cc1nc(C)c(C(C)(C)C)[se]1. The molecule has 0 atom stereocenters. The van der Waals surface area contributed by atoms with Crippen molar-refractivity contribution in [1.29, 1.82) is 0 Å². The maximum atomic E-state index is 4.73. The van der Waals surface area contributed by atoms with Crippen LogP contribution in [0.5, 0.6) is 0 Å². The van der Waals surface area contributed by atoms with E-state index in [4.69, 9.17) is 4.98 Å². The van der Waals surface area contributed by atoms with E-state index in [0.717, 1.165) is 0 Å². The van der Waals surface area contributed by atoms with Crippen molar-refractivity contribution in [2.45, 2.75) is 319 Å². The molecule has 0 radical (unpaired) electrons. The van der Waals surface area contributed by atoms with Crippen molar-refractivity contribution in [3.63, 3.8) is 0 Å². The summed E-state index contributed by atoms with van der Waals surface area (Å²) in [5, 5.41) is 1.48. The van der Waals surface area contributed by atoms with Gasteiger partial charge in [-0.1, -0.05) is 0 Å². The van der Waals surface area contributed by atoms with E-state index in [1.165, 1.54) is 48.2 Å². The number of rotatable bonds is 0. The zero-order valence-corrected chi connectivity index (χ0v) is 74.8. The molecule has 9 heteroatoms. The molecule has 488 valence electrons. The Labute approximate surface area is 579 Å². The summed E-state index contributed by atoms with van der Waals surface area (Å²) in [4.78, 5) is 13.9. The third kappa shape index (κ3) is 24.6. The van der Waals surface area contributed by atoms with Gasteiger partial charge in [0.05, 0.1) is 0 Å². The van der Waals surface area contributed by atoms with Crippen molar-refractivity contribution in [3.8, 4) is 0 Å². The fraction of sp³-hybridized carbons (Fsp3) is 0.615. The molecule has 0 saturated heterocycles. The standard InChI is InChI=1S/C14H24Se.C13H16Se.C12H21NSe.C11H18Se.C10H16Se.C9H15NSe.C9H14Se/c1-9-10(2)12(14(6,7)8)15-11(9)13(3,4)5;1-9-10-7-5-6-8-11(10)14-12(9)13(2,3)4;1-8-9(11(2,3)4)14-10(13-8)12(5,6)7;1-7-8(2)10(11(4,5)6)12-9(7)3;1-7-6-11-9(8(7)2)10(3,4)5;1-6-8(9(3,4)5)11-7(2)10-6;1-7-5-6-10-8(7)9(2,3)4/h1-8H3;5-8H,1-4H3;1-7H3;1-6H3;6H,1-5H3;1-5H3;5-6H,1-4H3. The third-order valence-corrected chi connectivity index (χ3v) is 40.6. The summed E-state index contributed by atoms with van der Waals surface area (Å²) < 4.78 is 19.1. The van der Waals surface area contributed by atoms with Crippen LogP contribution < -0.4 is 0 Å². The summed E-state index contributed by atoms with van der Waals surface area (Å²) in [7, 11) is 0. The summed E-state index contributed by atoms with van der Waals surface area (Å²) in [5.41, 5.74) is 17.8. The molecule has 0 aliphatic heterocycles. The van der Waals surface area contributed by atoms with Crippen LogP contribution in [0.1, 0.15) is 292 Å². The predicted octanol–water partition coefficient (Wildman–Crippen LogP) is 20.5. The van der Waals surface area contributed by atoms with Crippen LogP contribution in [0.15, 0.2) is 40.2 Å². The van der Waals surface area contributed by atoms with E-state index in [1.54, 1.807) is 66.5 Å². The summed E-state index contributed by atoms with van der Waals surface area (Å²) >= 11 is 4.04. The molecule has 1 aromatic carbocycles. The van der Waals surface area contributed by atoms with E-state index in [-0.39, 0.29) is 5.41 Å². The van der Waals surface area contributed by atoms with Gasteiger partial charge in [-0.05, 0) is 0 Å². The van der Waals surface area contributed by atoms with Gasteiger partial charge in [-0.15, -0.1) is 0 Å². The van der Waals surface area contributed by atoms with Crippen LogP contribution in [0.25, 0.3) is 9.65 Å². The average Bonchev–Trinajstić information content (AvgIpc) is 1.98. The molecule has 0 unspecified atom stereocenters. The molecule has 7 heterocycles. The fourth-order valence-electron chi connectivity index (χ4n) is 10.4. The maximum absolute atomic E-state index is 4.73. The molecule has 0 aliphatic rings. The first kappa shape index (κ1) is 82.4. The third-order valence-electron chi connectivity index (χ3n) is 14.9. The average molecular weight is 1640 g/mol. The number of aromatic nitrogens is 2. The zero-order chi connectivity index (χ0) is 68.1. The van der Waals surface area contributed by atoms with Crippen molar-refractivity contribution >= 4 is 111 Å². The Morgan fingerprint density at radius 1 is 0.287 bits per heavy atom. The second kappa shape index (κ2) is 31.7. The molecule has 87 heavy (non-hydrogen) atoms. The van der Waals surface area contributed by atoms with Crippen LogP contribution in [0.2, 0.25) is 0 Å². The molecule has 0 N–H and O–H groups in total. The van der Waals surface area contributed by atoms with Gasteiger partial charge in [0.1, 0.15) is 0 Å². The monoisotopic (exact) mass is 1650 g/mol. The van der Waals surface area contributed by atoms with Gasteiger partial charge in [-0.2, -0.15) is 0 Å². The van der Waals surface area contributed by atoms with Crippen LogP contribution >= 0.6 is 0 Å². The van der Waals surface area contributed by atoms with Crippen molar-refractivity contribution in [2.24, 2.45) is 0 Å². The van der Waals surface area contributed by atoms with Gasteiger partial charge in [-0.25, -0.2) is 0 Å². The van der Waals surface area contributed by atoms with E-state index in [1.807, 2.05) is 0 Å². The summed E-state index contributed by atoms with van der Waals surface area (Å²) in [5.74, 6) is 0. The van der Waals surface area contributed by atoms with Gasteiger partial charge < -0.3 is 0 Å². The van der Waals surface area contributed by atoms with E-state index in [0.29, 0.717) is 145 Å². The number of nitrogens with zero attached hydrogens (tertiary/aromatic N) is 2. The number of hydrogen-bond acceptors (Lipinski definition) is 2. The van der Waals surface area contributed by atoms with Gasteiger partial charge in [0.25, 0.3) is 0 Å². The Balaban J connectivity index is 0.000000348. The van der Waals surface area contributed by atoms with Crippen molar-refractivity contribution in [2.75, 3.05) is 0 Å². The Morgan fingerprint density at radius 3 is 0.908 bits per heavy atom. The minimum absolute atomic E-state index is 0.244. The van der Waals surface area contributed by atoms with Crippen LogP contribution in [0.3, 0.4) is 0 Å². The van der Waals surface area contributed by atoms with Gasteiger partial charge >= 0.3 is 585 Å². The molecule has 2 nitrogen and oxygen atoms in total.